The molecule has 1 fully saturated rings. The zero-order valence-electron chi connectivity index (χ0n) is 17.9. The lowest BCUT2D eigenvalue weighted by atomic mass is 9.79. The van der Waals surface area contributed by atoms with Crippen molar-refractivity contribution in [2.45, 2.75) is 77.2 Å². The summed E-state index contributed by atoms with van der Waals surface area (Å²) in [7, 11) is 0. The van der Waals surface area contributed by atoms with E-state index < -0.39 is 17.8 Å². The van der Waals surface area contributed by atoms with Gasteiger partial charge in [-0.15, -0.1) is 0 Å². The lowest BCUT2D eigenvalue weighted by Crippen LogP contribution is -2.37. The molecule has 6 heteroatoms. The summed E-state index contributed by atoms with van der Waals surface area (Å²) in [5, 5.41) is 2.61. The second kappa shape index (κ2) is 12.0. The third-order valence-electron chi connectivity index (χ3n) is 5.92. The van der Waals surface area contributed by atoms with Crippen molar-refractivity contribution in [1.82, 2.24) is 5.32 Å². The summed E-state index contributed by atoms with van der Waals surface area (Å²) in [6.07, 6.45) is 5.97. The highest BCUT2D eigenvalue weighted by atomic mass is 19.3. The van der Waals surface area contributed by atoms with E-state index in [1.165, 1.54) is 37.5 Å². The predicted octanol–water partition coefficient (Wildman–Crippen LogP) is 6.42. The Morgan fingerprint density at radius 2 is 1.97 bits per heavy atom. The number of halogens is 3. The number of alkyl halides is 2. The van der Waals surface area contributed by atoms with Gasteiger partial charge in [0.15, 0.2) is 0 Å². The van der Waals surface area contributed by atoms with Crippen LogP contribution in [-0.4, -0.2) is 18.6 Å². The van der Waals surface area contributed by atoms with Crippen LogP contribution in [0.2, 0.25) is 0 Å². The third kappa shape index (κ3) is 7.69. The van der Waals surface area contributed by atoms with Gasteiger partial charge in [-0.05, 0) is 62.1 Å². The van der Waals surface area contributed by atoms with Crippen LogP contribution in [0.3, 0.4) is 0 Å². The Bertz CT molecular complexity index is 685. The number of rotatable bonds is 12. The minimum Gasteiger partial charge on any atom is -0.432 e. The second-order valence-electron chi connectivity index (χ2n) is 8.23. The highest BCUT2D eigenvalue weighted by Gasteiger charge is 2.43. The minimum atomic E-state index is -3.29. The summed E-state index contributed by atoms with van der Waals surface area (Å²) >= 11 is 0. The van der Waals surface area contributed by atoms with E-state index in [1.54, 1.807) is 0 Å². The molecule has 168 valence electrons. The number of hydrogen-bond acceptors (Lipinski definition) is 2. The Morgan fingerprint density at radius 3 is 2.60 bits per heavy atom. The van der Waals surface area contributed by atoms with Crippen molar-refractivity contribution in [3.63, 3.8) is 0 Å². The molecule has 1 N–H and O–H groups in total. The van der Waals surface area contributed by atoms with Crippen LogP contribution in [0, 0.1) is 17.7 Å². The molecule has 0 bridgehead atoms. The number of carbonyl (C=O) groups is 1. The van der Waals surface area contributed by atoms with Gasteiger partial charge in [0, 0.05) is 12.6 Å². The van der Waals surface area contributed by atoms with Gasteiger partial charge in [-0.25, -0.2) is 4.39 Å². The fourth-order valence-corrected chi connectivity index (χ4v) is 4.07. The predicted molar refractivity (Wildman–Crippen MR) is 113 cm³/mol. The number of nitrogens with one attached hydrogen (secondary N) is 1. The topological polar surface area (TPSA) is 38.3 Å². The fraction of sp³-hybridized carbons (Fsp3) is 0.625. The third-order valence-corrected chi connectivity index (χ3v) is 5.92. The summed E-state index contributed by atoms with van der Waals surface area (Å²) in [5.74, 6) is -1.28. The van der Waals surface area contributed by atoms with E-state index in [0.29, 0.717) is 43.7 Å². The van der Waals surface area contributed by atoms with E-state index in [2.05, 4.69) is 18.8 Å². The molecule has 1 amide bonds. The summed E-state index contributed by atoms with van der Waals surface area (Å²) in [6.45, 7) is 5.91. The zero-order valence-corrected chi connectivity index (χ0v) is 17.9. The molecule has 0 heterocycles. The Balaban J connectivity index is 1.82. The Labute approximate surface area is 178 Å². The number of amides is 1. The largest absolute Gasteiger partial charge is 0.432 e. The molecule has 0 spiro atoms. The van der Waals surface area contributed by atoms with Crippen molar-refractivity contribution in [3.05, 3.63) is 42.2 Å². The van der Waals surface area contributed by atoms with Gasteiger partial charge >= 0.3 is 6.11 Å². The first-order valence-electron chi connectivity index (χ1n) is 11.1. The monoisotopic (exact) mass is 425 g/mol. The molecule has 0 saturated heterocycles. The van der Waals surface area contributed by atoms with Crippen LogP contribution in [0.1, 0.15) is 70.3 Å². The maximum absolute atomic E-state index is 14.6. The number of aryl methyl sites for hydroxylation is 1. The molecule has 1 saturated carbocycles. The van der Waals surface area contributed by atoms with E-state index in [1.807, 2.05) is 0 Å². The first-order chi connectivity index (χ1) is 14.4. The number of benzene rings is 1. The standard InChI is InChI=1S/C24H34F3NO2/c1-3-5-6-8-18-10-13-20(14-11-18)24(26,27)30-21-15-12-19(22(25)17-21)9-7-16-28-23(29)4-2/h4,12,15,17-18,20H,2-3,5-11,13-14,16H2,1H3,(H,28,29). The molecule has 1 aliphatic carbocycles. The van der Waals surface area contributed by atoms with Gasteiger partial charge in [0.25, 0.3) is 0 Å². The minimum absolute atomic E-state index is 0.147. The molecule has 0 radical (unpaired) electrons. The fourth-order valence-electron chi connectivity index (χ4n) is 4.07. The van der Waals surface area contributed by atoms with Gasteiger partial charge in [0.1, 0.15) is 11.6 Å². The average molecular weight is 426 g/mol. The van der Waals surface area contributed by atoms with Gasteiger partial charge in [0.2, 0.25) is 5.91 Å². The Kier molecular flexibility index (Phi) is 9.73. The van der Waals surface area contributed by atoms with E-state index in [9.17, 15) is 18.0 Å². The quantitative estimate of drug-likeness (QED) is 0.310. The molecule has 1 aromatic carbocycles. The molecule has 30 heavy (non-hydrogen) atoms. The maximum atomic E-state index is 14.6. The van der Waals surface area contributed by atoms with Crippen LogP contribution in [0.25, 0.3) is 0 Å². The average Bonchev–Trinajstić information content (AvgIpc) is 2.72. The van der Waals surface area contributed by atoms with E-state index in [4.69, 9.17) is 4.74 Å². The molecule has 1 aromatic rings. The Morgan fingerprint density at radius 1 is 1.23 bits per heavy atom. The van der Waals surface area contributed by atoms with Crippen molar-refractivity contribution in [1.29, 1.82) is 0 Å². The first-order valence-corrected chi connectivity index (χ1v) is 11.1. The summed E-state index contributed by atoms with van der Waals surface area (Å²) < 4.78 is 48.5. The summed E-state index contributed by atoms with van der Waals surface area (Å²) in [4.78, 5) is 11.1. The van der Waals surface area contributed by atoms with Crippen LogP contribution in [0.4, 0.5) is 13.2 Å². The van der Waals surface area contributed by atoms with Crippen molar-refractivity contribution in [2.24, 2.45) is 11.8 Å². The van der Waals surface area contributed by atoms with Crippen LogP contribution in [-0.2, 0) is 11.2 Å². The smallest absolute Gasteiger partial charge is 0.400 e. The highest BCUT2D eigenvalue weighted by Crippen LogP contribution is 2.41. The SMILES string of the molecule is C=CC(=O)NCCCc1ccc(OC(F)(F)C2CCC(CCCCC)CC2)cc1F. The van der Waals surface area contributed by atoms with Crippen molar-refractivity contribution in [3.8, 4) is 5.75 Å². The van der Waals surface area contributed by atoms with Crippen LogP contribution < -0.4 is 10.1 Å². The number of unbranched alkanes of at least 4 members (excludes halogenated alkanes) is 2. The van der Waals surface area contributed by atoms with Crippen molar-refractivity contribution >= 4 is 5.91 Å². The molecule has 2 rings (SSSR count). The normalized spacial score (nSPS) is 19.3. The highest BCUT2D eigenvalue weighted by molar-refractivity contribution is 5.86. The number of ether oxygens (including phenoxy) is 1. The molecule has 1 aliphatic rings. The lowest BCUT2D eigenvalue weighted by molar-refractivity contribution is -0.223. The van der Waals surface area contributed by atoms with Gasteiger partial charge in [-0.3, -0.25) is 4.79 Å². The molecule has 0 aliphatic heterocycles. The van der Waals surface area contributed by atoms with Crippen LogP contribution in [0.5, 0.6) is 5.75 Å². The summed E-state index contributed by atoms with van der Waals surface area (Å²) in [6, 6.07) is 3.90. The number of carbonyl (C=O) groups excluding carboxylic acids is 1. The van der Waals surface area contributed by atoms with Crippen LogP contribution >= 0.6 is 0 Å². The Hall–Kier alpha value is -1.98. The molecule has 0 aromatic heterocycles. The molecular formula is C24H34F3NO2. The second-order valence-corrected chi connectivity index (χ2v) is 8.23. The van der Waals surface area contributed by atoms with Crippen molar-refractivity contribution < 1.29 is 22.7 Å². The van der Waals surface area contributed by atoms with E-state index >= 15 is 0 Å². The van der Waals surface area contributed by atoms with Crippen LogP contribution in [0.15, 0.2) is 30.9 Å². The van der Waals surface area contributed by atoms with Gasteiger partial charge in [-0.2, -0.15) is 8.78 Å². The van der Waals surface area contributed by atoms with Gasteiger partial charge < -0.3 is 10.1 Å². The van der Waals surface area contributed by atoms with Crippen molar-refractivity contribution in [2.75, 3.05) is 6.54 Å². The molecule has 3 nitrogen and oxygen atoms in total. The van der Waals surface area contributed by atoms with E-state index in [-0.39, 0.29) is 11.7 Å². The molecule has 0 atom stereocenters. The zero-order chi connectivity index (χ0) is 22.0. The van der Waals surface area contributed by atoms with E-state index in [0.717, 1.165) is 25.3 Å². The lowest BCUT2D eigenvalue weighted by Gasteiger charge is -2.33. The first kappa shape index (κ1) is 24.3. The number of hydrogen-bond donors (Lipinski definition) is 1. The maximum Gasteiger partial charge on any atom is 0.400 e. The molecule has 0 unspecified atom stereocenters. The van der Waals surface area contributed by atoms with Gasteiger partial charge in [0.05, 0.1) is 5.92 Å². The van der Waals surface area contributed by atoms with Gasteiger partial charge in [-0.1, -0.05) is 45.3 Å². The molecular weight excluding hydrogens is 391 g/mol. The summed E-state index contributed by atoms with van der Waals surface area (Å²) in [5.41, 5.74) is 0.408.